The minimum Gasteiger partial charge on any atom is -0.491 e. The highest BCUT2D eigenvalue weighted by Crippen LogP contribution is 2.15. The van der Waals surface area contributed by atoms with Crippen molar-refractivity contribution in [2.45, 2.75) is 24.7 Å². The third kappa shape index (κ3) is 5.99. The van der Waals surface area contributed by atoms with Crippen LogP contribution in [0.25, 0.3) is 0 Å². The minimum atomic E-state index is -3.93. The maximum absolute atomic E-state index is 11.9. The van der Waals surface area contributed by atoms with Gasteiger partial charge in [0.15, 0.2) is 0 Å². The Morgan fingerprint density at radius 2 is 1.95 bits per heavy atom. The molecule has 0 aromatic heterocycles. The highest BCUT2D eigenvalue weighted by Gasteiger charge is 2.17. The van der Waals surface area contributed by atoms with E-state index in [1.54, 1.807) is 0 Å². The predicted octanol–water partition coefficient (Wildman–Crippen LogP) is 1.82. The fraction of sp³-hybridized carbons (Fsp3) is 0.462. The standard InChI is InChI=1S/C13H19FN2O4S/c1-2-3-9-15-13(17)16-21(18,19)12-6-4-11(5-7-12)20-10-8-14/h4-7H,2-3,8-10H2,1H3,(H2,15,16,17)/i14-1. The van der Waals surface area contributed by atoms with Crippen LogP contribution in [0, 0.1) is 0 Å². The van der Waals surface area contributed by atoms with Crippen LogP contribution in [0.15, 0.2) is 29.2 Å². The van der Waals surface area contributed by atoms with Crippen LogP contribution in [-0.2, 0) is 10.0 Å². The molecule has 21 heavy (non-hydrogen) atoms. The number of carbonyl (C=O) groups excluding carboxylic acids is 1. The van der Waals surface area contributed by atoms with Crippen molar-refractivity contribution in [3.05, 3.63) is 24.3 Å². The van der Waals surface area contributed by atoms with Crippen molar-refractivity contribution in [3.63, 3.8) is 0 Å². The van der Waals surface area contributed by atoms with E-state index in [1.807, 2.05) is 11.6 Å². The lowest BCUT2D eigenvalue weighted by Crippen LogP contribution is -2.39. The molecular weight excluding hydrogens is 298 g/mol. The molecule has 2 amide bonds. The average molecular weight is 317 g/mol. The number of ether oxygens (including phenoxy) is 1. The van der Waals surface area contributed by atoms with E-state index in [2.05, 4.69) is 5.32 Å². The number of sulfonamides is 1. The minimum absolute atomic E-state index is 0.0688. The van der Waals surface area contributed by atoms with Crippen LogP contribution in [0.5, 0.6) is 5.75 Å². The summed E-state index contributed by atoms with van der Waals surface area (Å²) in [6.45, 7) is 1.65. The molecule has 0 aliphatic rings. The van der Waals surface area contributed by atoms with E-state index in [-0.39, 0.29) is 11.5 Å². The fourth-order valence-corrected chi connectivity index (χ4v) is 2.40. The SMILES string of the molecule is CCCCNC(=O)NS(=O)(=O)c1ccc(OCC[18F])cc1. The molecule has 0 aliphatic carbocycles. The van der Waals surface area contributed by atoms with Crippen LogP contribution >= 0.6 is 0 Å². The largest absolute Gasteiger partial charge is 0.491 e. The summed E-state index contributed by atoms with van der Waals surface area (Å²) in [5.41, 5.74) is 0. The summed E-state index contributed by atoms with van der Waals surface area (Å²) >= 11 is 0. The number of alkyl halides is 1. The summed E-state index contributed by atoms with van der Waals surface area (Å²) in [7, 11) is -3.93. The normalized spacial score (nSPS) is 11.0. The zero-order valence-corrected chi connectivity index (χ0v) is 12.6. The lowest BCUT2D eigenvalue weighted by atomic mass is 10.3. The summed E-state index contributed by atoms with van der Waals surface area (Å²) in [6.07, 6.45) is 1.67. The summed E-state index contributed by atoms with van der Waals surface area (Å²) in [6, 6.07) is 4.62. The quantitative estimate of drug-likeness (QED) is 0.716. The van der Waals surface area contributed by atoms with Gasteiger partial charge < -0.3 is 10.1 Å². The maximum atomic E-state index is 11.9. The van der Waals surface area contributed by atoms with Gasteiger partial charge in [-0.2, -0.15) is 0 Å². The molecule has 118 valence electrons. The Hall–Kier alpha value is -1.83. The Labute approximate surface area is 123 Å². The average Bonchev–Trinajstić information content (AvgIpc) is 2.45. The molecule has 0 saturated heterocycles. The highest BCUT2D eigenvalue weighted by atomic mass is 32.2. The molecule has 8 heteroatoms. The molecule has 6 nitrogen and oxygen atoms in total. The molecule has 0 aliphatic heterocycles. The van der Waals surface area contributed by atoms with E-state index in [0.29, 0.717) is 12.3 Å². The fourth-order valence-electron chi connectivity index (χ4n) is 1.47. The van der Waals surface area contributed by atoms with Crippen molar-refractivity contribution in [2.75, 3.05) is 19.8 Å². The Morgan fingerprint density at radius 3 is 2.52 bits per heavy atom. The molecule has 0 heterocycles. The highest BCUT2D eigenvalue weighted by molar-refractivity contribution is 7.90. The molecule has 0 fully saturated rings. The first-order chi connectivity index (χ1) is 9.99. The topological polar surface area (TPSA) is 84.5 Å². The molecule has 0 atom stereocenters. The number of benzene rings is 1. The van der Waals surface area contributed by atoms with Crippen molar-refractivity contribution in [1.29, 1.82) is 0 Å². The van der Waals surface area contributed by atoms with Crippen LogP contribution in [0.3, 0.4) is 0 Å². The van der Waals surface area contributed by atoms with E-state index in [4.69, 9.17) is 4.74 Å². The molecular formula is C13H19FN2O4S. The second-order valence-electron chi connectivity index (χ2n) is 4.22. The number of nitrogens with one attached hydrogen (secondary N) is 2. The van der Waals surface area contributed by atoms with Gasteiger partial charge in [0.1, 0.15) is 19.0 Å². The third-order valence-electron chi connectivity index (χ3n) is 2.52. The van der Waals surface area contributed by atoms with Crippen LogP contribution < -0.4 is 14.8 Å². The van der Waals surface area contributed by atoms with Crippen molar-refractivity contribution in [1.82, 2.24) is 10.0 Å². The van der Waals surface area contributed by atoms with E-state index in [0.717, 1.165) is 12.8 Å². The third-order valence-corrected chi connectivity index (χ3v) is 3.87. The van der Waals surface area contributed by atoms with Gasteiger partial charge in [0.05, 0.1) is 4.90 Å². The predicted molar refractivity (Wildman–Crippen MR) is 76.5 cm³/mol. The molecule has 0 saturated carbocycles. The summed E-state index contributed by atoms with van der Waals surface area (Å²) in [4.78, 5) is 11.4. The van der Waals surface area contributed by atoms with Crippen LogP contribution in [0.1, 0.15) is 19.8 Å². The van der Waals surface area contributed by atoms with Gasteiger partial charge in [0, 0.05) is 6.54 Å². The van der Waals surface area contributed by atoms with Gasteiger partial charge in [-0.3, -0.25) is 0 Å². The van der Waals surface area contributed by atoms with Gasteiger partial charge in [-0.15, -0.1) is 0 Å². The Morgan fingerprint density at radius 1 is 1.29 bits per heavy atom. The van der Waals surface area contributed by atoms with Crippen molar-refractivity contribution in [3.8, 4) is 5.75 Å². The number of urea groups is 1. The van der Waals surface area contributed by atoms with E-state index >= 15 is 0 Å². The van der Waals surface area contributed by atoms with Crippen LogP contribution in [0.2, 0.25) is 0 Å². The van der Waals surface area contributed by atoms with Crippen molar-refractivity contribution in [2.24, 2.45) is 0 Å². The molecule has 1 rings (SSSR count). The molecule has 0 spiro atoms. The lowest BCUT2D eigenvalue weighted by Gasteiger charge is -2.09. The maximum Gasteiger partial charge on any atom is 0.328 e. The van der Waals surface area contributed by atoms with Gasteiger partial charge in [-0.05, 0) is 30.7 Å². The monoisotopic (exact) mass is 317 g/mol. The van der Waals surface area contributed by atoms with Gasteiger partial charge in [0.25, 0.3) is 10.0 Å². The smallest absolute Gasteiger partial charge is 0.328 e. The second-order valence-corrected chi connectivity index (χ2v) is 5.91. The lowest BCUT2D eigenvalue weighted by molar-refractivity contribution is 0.245. The summed E-state index contributed by atoms with van der Waals surface area (Å²) in [5, 5.41) is 2.45. The zero-order chi connectivity index (χ0) is 15.7. The number of unbranched alkanes of at least 4 members (excludes halogenated alkanes) is 1. The van der Waals surface area contributed by atoms with Gasteiger partial charge in [0.2, 0.25) is 0 Å². The Bertz CT molecular complexity index is 546. The van der Waals surface area contributed by atoms with E-state index in [9.17, 15) is 17.6 Å². The summed E-state index contributed by atoms with van der Waals surface area (Å²) in [5.74, 6) is 0.360. The summed E-state index contributed by atoms with van der Waals surface area (Å²) < 4.78 is 42.7. The first kappa shape index (κ1) is 17.2. The first-order valence-corrected chi connectivity index (χ1v) is 8.07. The zero-order valence-electron chi connectivity index (χ0n) is 11.8. The molecule has 1 aromatic carbocycles. The molecule has 1 aromatic rings. The number of hydrogen-bond donors (Lipinski definition) is 2. The van der Waals surface area contributed by atoms with Crippen LogP contribution in [-0.4, -0.2) is 34.3 Å². The Balaban J connectivity index is 2.63. The molecule has 0 radical (unpaired) electrons. The van der Waals surface area contributed by atoms with Crippen molar-refractivity contribution < 1.29 is 22.3 Å². The van der Waals surface area contributed by atoms with Gasteiger partial charge >= 0.3 is 6.03 Å². The van der Waals surface area contributed by atoms with Crippen LogP contribution in [0.4, 0.5) is 9.18 Å². The first-order valence-electron chi connectivity index (χ1n) is 6.59. The number of amides is 2. The van der Waals surface area contributed by atoms with Crippen molar-refractivity contribution >= 4 is 16.1 Å². The molecule has 2 N–H and O–H groups in total. The number of halogens is 1. The number of hydrogen-bond acceptors (Lipinski definition) is 4. The van der Waals surface area contributed by atoms with E-state index < -0.39 is 22.7 Å². The molecule has 0 bridgehead atoms. The van der Waals surface area contributed by atoms with E-state index in [1.165, 1.54) is 24.3 Å². The number of rotatable bonds is 8. The second kappa shape index (κ2) is 8.46. The van der Waals surface area contributed by atoms with Gasteiger partial charge in [-0.1, -0.05) is 13.3 Å². The molecule has 0 unspecified atom stereocenters. The number of carbonyl (C=O) groups is 1. The Kier molecular flexibility index (Phi) is 6.93. The van der Waals surface area contributed by atoms with Gasteiger partial charge in [-0.25, -0.2) is 22.3 Å².